The van der Waals surface area contributed by atoms with Gasteiger partial charge in [0, 0.05) is 37.8 Å². The fourth-order valence-corrected chi connectivity index (χ4v) is 1.96. The number of nitrogens with one attached hydrogen (secondary N) is 1. The Balaban J connectivity index is 2.34. The molecule has 1 unspecified atom stereocenters. The first-order valence-electron chi connectivity index (χ1n) is 5.77. The standard InChI is InChI=1S/C11H25N3/c1-4-10(12)5-7-14-8-6-13-9-11(14,2)3/h10,13H,4-9,12H2,1-3H3. The van der Waals surface area contributed by atoms with Crippen molar-refractivity contribution in [2.24, 2.45) is 5.73 Å². The molecule has 1 fully saturated rings. The molecule has 0 radical (unpaired) electrons. The Morgan fingerprint density at radius 1 is 1.50 bits per heavy atom. The Hall–Kier alpha value is -0.120. The molecule has 0 spiro atoms. The van der Waals surface area contributed by atoms with Crippen LogP contribution in [-0.2, 0) is 0 Å². The number of nitrogens with two attached hydrogens (primary N) is 1. The van der Waals surface area contributed by atoms with Gasteiger partial charge in [0.2, 0.25) is 0 Å². The lowest BCUT2D eigenvalue weighted by atomic mass is 9.99. The van der Waals surface area contributed by atoms with E-state index in [9.17, 15) is 0 Å². The zero-order chi connectivity index (χ0) is 10.6. The minimum atomic E-state index is 0.297. The summed E-state index contributed by atoms with van der Waals surface area (Å²) in [6.45, 7) is 11.3. The second kappa shape index (κ2) is 5.10. The van der Waals surface area contributed by atoms with E-state index in [2.05, 4.69) is 31.0 Å². The van der Waals surface area contributed by atoms with Crippen LogP contribution >= 0.6 is 0 Å². The van der Waals surface area contributed by atoms with Crippen LogP contribution in [0.2, 0.25) is 0 Å². The summed E-state index contributed by atoms with van der Waals surface area (Å²) in [5.74, 6) is 0. The quantitative estimate of drug-likeness (QED) is 0.703. The molecule has 14 heavy (non-hydrogen) atoms. The van der Waals surface area contributed by atoms with E-state index in [1.807, 2.05) is 0 Å². The van der Waals surface area contributed by atoms with Crippen LogP contribution in [0, 0.1) is 0 Å². The van der Waals surface area contributed by atoms with E-state index in [0.717, 1.165) is 39.0 Å². The predicted octanol–water partition coefficient (Wildman–Crippen LogP) is 0.798. The summed E-state index contributed by atoms with van der Waals surface area (Å²) in [6, 6.07) is 0.376. The van der Waals surface area contributed by atoms with Gasteiger partial charge in [0.15, 0.2) is 0 Å². The summed E-state index contributed by atoms with van der Waals surface area (Å²) in [6.07, 6.45) is 2.21. The van der Waals surface area contributed by atoms with Gasteiger partial charge in [-0.3, -0.25) is 4.90 Å². The van der Waals surface area contributed by atoms with Gasteiger partial charge in [-0.05, 0) is 26.7 Å². The average molecular weight is 199 g/mol. The van der Waals surface area contributed by atoms with Crippen molar-refractivity contribution in [2.45, 2.75) is 45.2 Å². The van der Waals surface area contributed by atoms with Crippen LogP contribution < -0.4 is 11.1 Å². The fourth-order valence-electron chi connectivity index (χ4n) is 1.96. The molecule has 1 atom stereocenters. The van der Waals surface area contributed by atoms with E-state index < -0.39 is 0 Å². The van der Waals surface area contributed by atoms with Gasteiger partial charge in [0.25, 0.3) is 0 Å². The van der Waals surface area contributed by atoms with Gasteiger partial charge in [-0.2, -0.15) is 0 Å². The van der Waals surface area contributed by atoms with Crippen LogP contribution in [0.5, 0.6) is 0 Å². The van der Waals surface area contributed by atoms with E-state index in [4.69, 9.17) is 5.73 Å². The minimum absolute atomic E-state index is 0.297. The zero-order valence-corrected chi connectivity index (χ0v) is 9.84. The van der Waals surface area contributed by atoms with Gasteiger partial charge < -0.3 is 11.1 Å². The highest BCUT2D eigenvalue weighted by atomic mass is 15.2. The summed E-state index contributed by atoms with van der Waals surface area (Å²) in [5, 5.41) is 3.43. The normalized spacial score (nSPS) is 24.9. The third-order valence-corrected chi connectivity index (χ3v) is 3.27. The Kier molecular flexibility index (Phi) is 4.35. The van der Waals surface area contributed by atoms with Gasteiger partial charge in [-0.1, -0.05) is 6.92 Å². The number of nitrogens with zero attached hydrogens (tertiary/aromatic N) is 1. The van der Waals surface area contributed by atoms with E-state index in [-0.39, 0.29) is 0 Å². The molecule has 0 aliphatic carbocycles. The summed E-state index contributed by atoms with van der Waals surface area (Å²) in [5.41, 5.74) is 6.23. The fraction of sp³-hybridized carbons (Fsp3) is 1.00. The first kappa shape index (κ1) is 12.0. The highest BCUT2D eigenvalue weighted by Gasteiger charge is 2.28. The highest BCUT2D eigenvalue weighted by molar-refractivity contribution is 4.88. The lowest BCUT2D eigenvalue weighted by molar-refractivity contribution is 0.0871. The Bertz CT molecular complexity index is 168. The largest absolute Gasteiger partial charge is 0.328 e. The molecule has 3 nitrogen and oxygen atoms in total. The molecular formula is C11H25N3. The van der Waals surface area contributed by atoms with Crippen molar-refractivity contribution < 1.29 is 0 Å². The predicted molar refractivity (Wildman–Crippen MR) is 61.4 cm³/mol. The maximum absolute atomic E-state index is 5.94. The van der Waals surface area contributed by atoms with Crippen molar-refractivity contribution in [3.63, 3.8) is 0 Å². The molecule has 0 aromatic heterocycles. The summed E-state index contributed by atoms with van der Waals surface area (Å²) in [4.78, 5) is 2.55. The van der Waals surface area contributed by atoms with Crippen molar-refractivity contribution >= 4 is 0 Å². The van der Waals surface area contributed by atoms with Crippen LogP contribution in [0.1, 0.15) is 33.6 Å². The van der Waals surface area contributed by atoms with Gasteiger partial charge in [-0.25, -0.2) is 0 Å². The number of hydrogen-bond acceptors (Lipinski definition) is 3. The SMILES string of the molecule is CCC(N)CCN1CCNCC1(C)C. The van der Waals surface area contributed by atoms with Gasteiger partial charge >= 0.3 is 0 Å². The van der Waals surface area contributed by atoms with Crippen LogP contribution in [0.25, 0.3) is 0 Å². The van der Waals surface area contributed by atoms with Crippen LogP contribution in [0.3, 0.4) is 0 Å². The molecule has 0 aromatic carbocycles. The lowest BCUT2D eigenvalue weighted by Gasteiger charge is -2.43. The first-order chi connectivity index (χ1) is 6.56. The maximum Gasteiger partial charge on any atom is 0.0278 e. The third kappa shape index (κ3) is 3.23. The Morgan fingerprint density at radius 2 is 2.21 bits per heavy atom. The van der Waals surface area contributed by atoms with Gasteiger partial charge in [-0.15, -0.1) is 0 Å². The molecule has 0 bridgehead atoms. The second-order valence-electron chi connectivity index (χ2n) is 4.93. The minimum Gasteiger partial charge on any atom is -0.328 e. The highest BCUT2D eigenvalue weighted by Crippen LogP contribution is 2.16. The van der Waals surface area contributed by atoms with E-state index in [1.54, 1.807) is 0 Å². The van der Waals surface area contributed by atoms with Crippen molar-refractivity contribution in [1.82, 2.24) is 10.2 Å². The molecule has 1 aliphatic rings. The molecule has 0 aromatic rings. The van der Waals surface area contributed by atoms with Gasteiger partial charge in [0.1, 0.15) is 0 Å². The third-order valence-electron chi connectivity index (χ3n) is 3.27. The lowest BCUT2D eigenvalue weighted by Crippen LogP contribution is -2.58. The number of rotatable bonds is 4. The molecule has 1 aliphatic heterocycles. The Labute approximate surface area is 88.0 Å². The molecule has 0 amide bonds. The molecule has 84 valence electrons. The topological polar surface area (TPSA) is 41.3 Å². The molecule has 1 rings (SSSR count). The van der Waals surface area contributed by atoms with E-state index in [0.29, 0.717) is 11.6 Å². The smallest absolute Gasteiger partial charge is 0.0278 e. The molecule has 0 saturated carbocycles. The number of hydrogen-bond donors (Lipinski definition) is 2. The van der Waals surface area contributed by atoms with Crippen LogP contribution in [-0.4, -0.2) is 42.7 Å². The van der Waals surface area contributed by atoms with Crippen molar-refractivity contribution in [3.05, 3.63) is 0 Å². The van der Waals surface area contributed by atoms with E-state index in [1.165, 1.54) is 0 Å². The Morgan fingerprint density at radius 3 is 2.79 bits per heavy atom. The monoisotopic (exact) mass is 199 g/mol. The summed E-state index contributed by atoms with van der Waals surface area (Å²) >= 11 is 0. The van der Waals surface area contributed by atoms with Crippen LogP contribution in [0.15, 0.2) is 0 Å². The molecular weight excluding hydrogens is 174 g/mol. The molecule has 3 N–H and O–H groups in total. The summed E-state index contributed by atoms with van der Waals surface area (Å²) in [7, 11) is 0. The summed E-state index contributed by atoms with van der Waals surface area (Å²) < 4.78 is 0. The van der Waals surface area contributed by atoms with Gasteiger partial charge in [0.05, 0.1) is 0 Å². The molecule has 1 saturated heterocycles. The van der Waals surface area contributed by atoms with E-state index >= 15 is 0 Å². The molecule has 3 heteroatoms. The van der Waals surface area contributed by atoms with Crippen molar-refractivity contribution in [1.29, 1.82) is 0 Å². The van der Waals surface area contributed by atoms with Crippen molar-refractivity contribution in [2.75, 3.05) is 26.2 Å². The molecule has 1 heterocycles. The average Bonchev–Trinajstić information content (AvgIpc) is 2.15. The zero-order valence-electron chi connectivity index (χ0n) is 9.84. The van der Waals surface area contributed by atoms with Crippen molar-refractivity contribution in [3.8, 4) is 0 Å². The second-order valence-corrected chi connectivity index (χ2v) is 4.93. The first-order valence-corrected chi connectivity index (χ1v) is 5.77. The number of piperazine rings is 1. The van der Waals surface area contributed by atoms with Crippen LogP contribution in [0.4, 0.5) is 0 Å². The maximum atomic E-state index is 5.94.